The first-order chi connectivity index (χ1) is 11.1. The minimum atomic E-state index is -3.47. The Labute approximate surface area is 136 Å². The number of rotatable bonds is 3. The molecule has 2 bridgehead atoms. The summed E-state index contributed by atoms with van der Waals surface area (Å²) in [5.74, 6) is 0. The molecular weight excluding hydrogens is 308 g/mol. The fraction of sp³-hybridized carbons (Fsp3) is 0.278. The molecule has 2 aliphatic heterocycles. The van der Waals surface area contributed by atoms with Gasteiger partial charge >= 0.3 is 0 Å². The van der Waals surface area contributed by atoms with Crippen molar-refractivity contribution in [1.29, 1.82) is 0 Å². The van der Waals surface area contributed by atoms with Gasteiger partial charge in [0.2, 0.25) is 10.0 Å². The molecule has 5 heteroatoms. The predicted octanol–water partition coefficient (Wildman–Crippen LogP) is 3.01. The number of sulfonamides is 1. The Morgan fingerprint density at radius 1 is 1.13 bits per heavy atom. The lowest BCUT2D eigenvalue weighted by atomic mass is 9.94. The van der Waals surface area contributed by atoms with Crippen LogP contribution >= 0.6 is 0 Å². The van der Waals surface area contributed by atoms with Crippen molar-refractivity contribution in [2.75, 3.05) is 0 Å². The Hall–Kier alpha value is -1.98. The Kier molecular flexibility index (Phi) is 3.36. The summed E-state index contributed by atoms with van der Waals surface area (Å²) in [6, 6.07) is 10.9. The number of aryl methyl sites for hydroxylation is 1. The zero-order chi connectivity index (χ0) is 16.0. The lowest BCUT2D eigenvalue weighted by Crippen LogP contribution is -2.36. The molecule has 23 heavy (non-hydrogen) atoms. The predicted molar refractivity (Wildman–Crippen MR) is 89.2 cm³/mol. The number of nitrogens with zero attached hydrogens (tertiary/aromatic N) is 2. The van der Waals surface area contributed by atoms with E-state index in [1.807, 2.05) is 37.4 Å². The lowest BCUT2D eigenvalue weighted by molar-refractivity contribution is 0.416. The van der Waals surface area contributed by atoms with Gasteiger partial charge in [-0.3, -0.25) is 4.98 Å². The van der Waals surface area contributed by atoms with Crippen LogP contribution in [0.15, 0.2) is 59.8 Å². The molecule has 0 amide bonds. The van der Waals surface area contributed by atoms with E-state index in [9.17, 15) is 8.42 Å². The molecule has 0 unspecified atom stereocenters. The Morgan fingerprint density at radius 2 is 1.91 bits per heavy atom. The van der Waals surface area contributed by atoms with Crippen LogP contribution < -0.4 is 0 Å². The maximum atomic E-state index is 13.1. The third-order valence-corrected chi connectivity index (χ3v) is 6.64. The van der Waals surface area contributed by atoms with Gasteiger partial charge in [-0.2, -0.15) is 4.31 Å². The highest BCUT2D eigenvalue weighted by Gasteiger charge is 2.47. The molecule has 1 fully saturated rings. The van der Waals surface area contributed by atoms with Gasteiger partial charge in [0.15, 0.2) is 0 Å². The van der Waals surface area contributed by atoms with Crippen LogP contribution in [0.25, 0.3) is 5.57 Å². The van der Waals surface area contributed by atoms with Gasteiger partial charge in [-0.25, -0.2) is 8.42 Å². The van der Waals surface area contributed by atoms with Gasteiger partial charge in [0, 0.05) is 18.4 Å². The Bertz CT molecular complexity index is 858. The molecule has 0 saturated carbocycles. The second-order valence-electron chi connectivity index (χ2n) is 6.17. The van der Waals surface area contributed by atoms with Gasteiger partial charge in [0.05, 0.1) is 10.9 Å². The molecule has 2 atom stereocenters. The van der Waals surface area contributed by atoms with E-state index in [2.05, 4.69) is 11.1 Å². The first kappa shape index (κ1) is 14.6. The summed E-state index contributed by atoms with van der Waals surface area (Å²) in [5, 5.41) is 0. The van der Waals surface area contributed by atoms with E-state index in [0.29, 0.717) is 4.90 Å². The number of hydrogen-bond donors (Lipinski definition) is 0. The molecule has 4 rings (SSSR count). The zero-order valence-corrected chi connectivity index (χ0v) is 13.7. The van der Waals surface area contributed by atoms with E-state index in [-0.39, 0.29) is 12.1 Å². The maximum Gasteiger partial charge on any atom is 0.244 e. The van der Waals surface area contributed by atoms with Crippen molar-refractivity contribution in [3.8, 4) is 0 Å². The van der Waals surface area contributed by atoms with Crippen LogP contribution in [0, 0.1) is 6.92 Å². The van der Waals surface area contributed by atoms with Crippen molar-refractivity contribution in [1.82, 2.24) is 9.29 Å². The highest BCUT2D eigenvalue weighted by atomic mass is 32.2. The molecule has 1 aromatic carbocycles. The molecule has 0 aliphatic carbocycles. The summed E-state index contributed by atoms with van der Waals surface area (Å²) in [6.07, 6.45) is 7.40. The van der Waals surface area contributed by atoms with Gasteiger partial charge in [-0.15, -0.1) is 0 Å². The van der Waals surface area contributed by atoms with E-state index in [0.717, 1.165) is 29.5 Å². The monoisotopic (exact) mass is 326 g/mol. The van der Waals surface area contributed by atoms with Crippen molar-refractivity contribution in [2.45, 2.75) is 36.7 Å². The fourth-order valence-electron chi connectivity index (χ4n) is 3.58. The van der Waals surface area contributed by atoms with Crippen LogP contribution in [0.3, 0.4) is 0 Å². The molecule has 2 aromatic rings. The minimum Gasteiger partial charge on any atom is -0.264 e. The molecule has 0 N–H and O–H groups in total. The second kappa shape index (κ2) is 5.28. The SMILES string of the molecule is Cc1ccc(S(=O)(=O)N2[C@@H]3C=C(c4cccnc4)[C@H]2CC3)cc1. The zero-order valence-electron chi connectivity index (χ0n) is 12.9. The largest absolute Gasteiger partial charge is 0.264 e. The first-order valence-electron chi connectivity index (χ1n) is 7.80. The highest BCUT2D eigenvalue weighted by Crippen LogP contribution is 2.44. The molecule has 1 saturated heterocycles. The van der Waals surface area contributed by atoms with Crippen molar-refractivity contribution < 1.29 is 8.42 Å². The number of benzene rings is 1. The van der Waals surface area contributed by atoms with Gasteiger partial charge < -0.3 is 0 Å². The average Bonchev–Trinajstić information content (AvgIpc) is 3.15. The Balaban J connectivity index is 1.71. The van der Waals surface area contributed by atoms with Gasteiger partial charge in [-0.05, 0) is 49.1 Å². The standard InChI is InChI=1S/C18H18N2O2S/c1-13-4-7-16(8-5-13)23(21,22)20-15-6-9-18(20)17(11-15)14-3-2-10-19-12-14/h2-5,7-8,10-12,15,18H,6,9H2,1H3/t15-,18+/m0/s1. The molecule has 1 aromatic heterocycles. The van der Waals surface area contributed by atoms with Crippen LogP contribution in [-0.2, 0) is 10.0 Å². The molecule has 4 nitrogen and oxygen atoms in total. The second-order valence-corrected chi connectivity index (χ2v) is 8.02. The van der Waals surface area contributed by atoms with Crippen molar-refractivity contribution in [3.05, 3.63) is 66.0 Å². The number of aromatic nitrogens is 1. The van der Waals surface area contributed by atoms with Crippen molar-refractivity contribution in [3.63, 3.8) is 0 Å². The van der Waals surface area contributed by atoms with Crippen LogP contribution in [0.5, 0.6) is 0 Å². The maximum absolute atomic E-state index is 13.1. The lowest BCUT2D eigenvalue weighted by Gasteiger charge is -2.23. The fourth-order valence-corrected chi connectivity index (χ4v) is 5.38. The summed E-state index contributed by atoms with van der Waals surface area (Å²) < 4.78 is 27.8. The smallest absolute Gasteiger partial charge is 0.244 e. The summed E-state index contributed by atoms with van der Waals surface area (Å²) in [4.78, 5) is 4.53. The van der Waals surface area contributed by atoms with Crippen LogP contribution in [0.2, 0.25) is 0 Å². The summed E-state index contributed by atoms with van der Waals surface area (Å²) in [7, 11) is -3.47. The number of pyridine rings is 1. The molecule has 0 radical (unpaired) electrons. The first-order valence-corrected chi connectivity index (χ1v) is 9.24. The summed E-state index contributed by atoms with van der Waals surface area (Å²) in [6.45, 7) is 1.96. The quantitative estimate of drug-likeness (QED) is 0.871. The van der Waals surface area contributed by atoms with Crippen LogP contribution in [0.1, 0.15) is 24.0 Å². The average molecular weight is 326 g/mol. The normalized spacial score (nSPS) is 24.0. The van der Waals surface area contributed by atoms with E-state index in [1.165, 1.54) is 0 Å². The van der Waals surface area contributed by atoms with E-state index in [1.54, 1.807) is 22.6 Å². The van der Waals surface area contributed by atoms with E-state index >= 15 is 0 Å². The van der Waals surface area contributed by atoms with Crippen molar-refractivity contribution >= 4 is 15.6 Å². The topological polar surface area (TPSA) is 50.3 Å². The Morgan fingerprint density at radius 3 is 2.61 bits per heavy atom. The van der Waals surface area contributed by atoms with Crippen LogP contribution in [0.4, 0.5) is 0 Å². The van der Waals surface area contributed by atoms with E-state index < -0.39 is 10.0 Å². The minimum absolute atomic E-state index is 0.0403. The van der Waals surface area contributed by atoms with Gasteiger partial charge in [0.1, 0.15) is 0 Å². The molecule has 118 valence electrons. The molecule has 3 heterocycles. The highest BCUT2D eigenvalue weighted by molar-refractivity contribution is 7.89. The number of hydrogen-bond acceptors (Lipinski definition) is 3. The summed E-state index contributed by atoms with van der Waals surface area (Å²) >= 11 is 0. The number of fused-ring (bicyclic) bond motifs is 2. The van der Waals surface area contributed by atoms with E-state index in [4.69, 9.17) is 0 Å². The van der Waals surface area contributed by atoms with Crippen molar-refractivity contribution in [2.24, 2.45) is 0 Å². The van der Waals surface area contributed by atoms with Gasteiger partial charge in [0.25, 0.3) is 0 Å². The molecular formula is C18H18N2O2S. The molecule has 2 aliphatic rings. The third-order valence-electron chi connectivity index (χ3n) is 4.69. The van der Waals surface area contributed by atoms with Crippen LogP contribution in [-0.4, -0.2) is 29.8 Å². The molecule has 0 spiro atoms. The third kappa shape index (κ3) is 2.31. The van der Waals surface area contributed by atoms with Gasteiger partial charge in [-0.1, -0.05) is 29.8 Å². The summed E-state index contributed by atoms with van der Waals surface area (Å²) in [5.41, 5.74) is 3.16.